The van der Waals surface area contributed by atoms with Gasteiger partial charge in [0, 0.05) is 38.6 Å². The molecule has 1 amide bonds. The van der Waals surface area contributed by atoms with E-state index in [1.165, 1.54) is 0 Å². The molecule has 1 heterocycles. The molecule has 1 saturated heterocycles. The fourth-order valence-electron chi connectivity index (χ4n) is 2.34. The highest BCUT2D eigenvalue weighted by atomic mass is 35.5. The molecule has 1 fully saturated rings. The van der Waals surface area contributed by atoms with Crippen molar-refractivity contribution in [2.24, 2.45) is 5.92 Å². The maximum Gasteiger partial charge on any atom is 0.304 e. The fourth-order valence-corrected chi connectivity index (χ4v) is 2.34. The van der Waals surface area contributed by atoms with Crippen molar-refractivity contribution in [3.8, 4) is 0 Å². The SMILES string of the molecule is CCC(CC)C(=O)N1CCN(CCC(=O)O)CC1.Cl. The van der Waals surface area contributed by atoms with Crippen LogP contribution in [-0.2, 0) is 9.59 Å². The van der Waals surface area contributed by atoms with E-state index in [2.05, 4.69) is 18.7 Å². The summed E-state index contributed by atoms with van der Waals surface area (Å²) >= 11 is 0. The Bertz CT molecular complexity index is 288. The molecule has 0 aromatic carbocycles. The van der Waals surface area contributed by atoms with Crippen molar-refractivity contribution < 1.29 is 14.7 Å². The quantitative estimate of drug-likeness (QED) is 0.805. The number of halogens is 1. The molecule has 0 atom stereocenters. The van der Waals surface area contributed by atoms with E-state index >= 15 is 0 Å². The molecule has 0 radical (unpaired) electrons. The summed E-state index contributed by atoms with van der Waals surface area (Å²) in [5.41, 5.74) is 0. The topological polar surface area (TPSA) is 60.9 Å². The number of piperazine rings is 1. The molecule has 0 bridgehead atoms. The average molecular weight is 293 g/mol. The van der Waals surface area contributed by atoms with Crippen LogP contribution in [0.5, 0.6) is 0 Å². The van der Waals surface area contributed by atoms with Gasteiger partial charge in [-0.05, 0) is 12.8 Å². The first-order valence-electron chi connectivity index (χ1n) is 6.81. The van der Waals surface area contributed by atoms with Gasteiger partial charge >= 0.3 is 5.97 Å². The summed E-state index contributed by atoms with van der Waals surface area (Å²) in [6.45, 7) is 7.73. The third-order valence-electron chi connectivity index (χ3n) is 3.66. The van der Waals surface area contributed by atoms with Crippen molar-refractivity contribution in [1.29, 1.82) is 0 Å². The summed E-state index contributed by atoms with van der Waals surface area (Å²) in [6.07, 6.45) is 1.98. The third kappa shape index (κ3) is 5.78. The third-order valence-corrected chi connectivity index (χ3v) is 3.66. The minimum absolute atomic E-state index is 0. The predicted octanol–water partition coefficient (Wildman–Crippen LogP) is 1.46. The van der Waals surface area contributed by atoms with Crippen molar-refractivity contribution in [1.82, 2.24) is 9.80 Å². The fraction of sp³-hybridized carbons (Fsp3) is 0.846. The van der Waals surface area contributed by atoms with Gasteiger partial charge in [-0.2, -0.15) is 0 Å². The number of carbonyl (C=O) groups excluding carboxylic acids is 1. The first-order valence-corrected chi connectivity index (χ1v) is 6.81. The predicted molar refractivity (Wildman–Crippen MR) is 76.6 cm³/mol. The highest BCUT2D eigenvalue weighted by molar-refractivity contribution is 5.85. The largest absolute Gasteiger partial charge is 0.481 e. The standard InChI is InChI=1S/C13H24N2O3.ClH/c1-3-11(4-2)13(18)15-9-7-14(8-10-15)6-5-12(16)17;/h11H,3-10H2,1-2H3,(H,16,17);1H. The molecule has 1 aliphatic rings. The van der Waals surface area contributed by atoms with Gasteiger partial charge in [-0.25, -0.2) is 0 Å². The van der Waals surface area contributed by atoms with Gasteiger partial charge in [0.2, 0.25) is 5.91 Å². The molecule has 1 rings (SSSR count). The summed E-state index contributed by atoms with van der Waals surface area (Å²) in [6, 6.07) is 0. The number of amides is 1. The van der Waals surface area contributed by atoms with Crippen LogP contribution in [0.15, 0.2) is 0 Å². The number of nitrogens with zero attached hydrogens (tertiary/aromatic N) is 2. The molecule has 19 heavy (non-hydrogen) atoms. The maximum absolute atomic E-state index is 12.1. The molecule has 0 aromatic rings. The zero-order valence-corrected chi connectivity index (χ0v) is 12.6. The lowest BCUT2D eigenvalue weighted by atomic mass is 10.0. The Kier molecular flexibility index (Phi) is 8.76. The zero-order valence-electron chi connectivity index (χ0n) is 11.8. The lowest BCUT2D eigenvalue weighted by Crippen LogP contribution is -2.50. The molecule has 0 spiro atoms. The van der Waals surface area contributed by atoms with Crippen LogP contribution in [0.2, 0.25) is 0 Å². The molecule has 5 nitrogen and oxygen atoms in total. The Morgan fingerprint density at radius 2 is 1.63 bits per heavy atom. The molecule has 0 aliphatic carbocycles. The van der Waals surface area contributed by atoms with Gasteiger partial charge in [0.05, 0.1) is 6.42 Å². The van der Waals surface area contributed by atoms with Crippen LogP contribution in [0.1, 0.15) is 33.1 Å². The van der Waals surface area contributed by atoms with Crippen LogP contribution in [0, 0.1) is 5.92 Å². The van der Waals surface area contributed by atoms with Crippen molar-refractivity contribution in [2.45, 2.75) is 33.1 Å². The highest BCUT2D eigenvalue weighted by Gasteiger charge is 2.25. The number of rotatable bonds is 6. The minimum atomic E-state index is -0.759. The smallest absolute Gasteiger partial charge is 0.304 e. The molecule has 0 saturated carbocycles. The van der Waals surface area contributed by atoms with E-state index in [1.54, 1.807) is 0 Å². The van der Waals surface area contributed by atoms with Crippen LogP contribution < -0.4 is 0 Å². The lowest BCUT2D eigenvalue weighted by molar-refractivity contribution is -0.139. The van der Waals surface area contributed by atoms with Crippen LogP contribution in [-0.4, -0.2) is 59.5 Å². The molecular formula is C13H25ClN2O3. The summed E-state index contributed by atoms with van der Waals surface area (Å²) < 4.78 is 0. The minimum Gasteiger partial charge on any atom is -0.481 e. The number of hydrogen-bond acceptors (Lipinski definition) is 3. The molecule has 0 unspecified atom stereocenters. The number of carbonyl (C=O) groups is 2. The van der Waals surface area contributed by atoms with E-state index in [0.29, 0.717) is 6.54 Å². The van der Waals surface area contributed by atoms with Crippen LogP contribution >= 0.6 is 12.4 Å². The second-order valence-electron chi connectivity index (χ2n) is 4.82. The van der Waals surface area contributed by atoms with Gasteiger partial charge in [-0.1, -0.05) is 13.8 Å². The van der Waals surface area contributed by atoms with Gasteiger partial charge in [-0.3, -0.25) is 14.5 Å². The second kappa shape index (κ2) is 9.15. The van der Waals surface area contributed by atoms with Crippen molar-refractivity contribution in [2.75, 3.05) is 32.7 Å². The highest BCUT2D eigenvalue weighted by Crippen LogP contribution is 2.14. The first kappa shape index (κ1) is 18.2. The lowest BCUT2D eigenvalue weighted by Gasteiger charge is -2.36. The molecule has 112 valence electrons. The molecular weight excluding hydrogens is 268 g/mol. The number of carboxylic acids is 1. The molecule has 1 N–H and O–H groups in total. The van der Waals surface area contributed by atoms with Crippen LogP contribution in [0.25, 0.3) is 0 Å². The number of carboxylic acid groups (broad SMARTS) is 1. The van der Waals surface area contributed by atoms with Crippen molar-refractivity contribution in [3.63, 3.8) is 0 Å². The number of hydrogen-bond donors (Lipinski definition) is 1. The van der Waals surface area contributed by atoms with Gasteiger partial charge < -0.3 is 10.0 Å². The normalized spacial score (nSPS) is 16.3. The number of aliphatic carboxylic acids is 1. The van der Waals surface area contributed by atoms with Crippen LogP contribution in [0.3, 0.4) is 0 Å². The summed E-state index contributed by atoms with van der Waals surface area (Å²) in [4.78, 5) is 26.7. The van der Waals surface area contributed by atoms with Gasteiger partial charge in [-0.15, -0.1) is 12.4 Å². The van der Waals surface area contributed by atoms with E-state index in [-0.39, 0.29) is 30.7 Å². The molecule has 6 heteroatoms. The van der Waals surface area contributed by atoms with E-state index in [0.717, 1.165) is 39.0 Å². The monoisotopic (exact) mass is 292 g/mol. The van der Waals surface area contributed by atoms with E-state index in [9.17, 15) is 9.59 Å². The van der Waals surface area contributed by atoms with E-state index < -0.39 is 5.97 Å². The van der Waals surface area contributed by atoms with Crippen LogP contribution in [0.4, 0.5) is 0 Å². The Labute approximate surface area is 121 Å². The van der Waals surface area contributed by atoms with Crippen molar-refractivity contribution >= 4 is 24.3 Å². The summed E-state index contributed by atoms with van der Waals surface area (Å²) in [7, 11) is 0. The van der Waals surface area contributed by atoms with Crippen molar-refractivity contribution in [3.05, 3.63) is 0 Å². The molecule has 0 aromatic heterocycles. The first-order chi connectivity index (χ1) is 8.58. The Balaban J connectivity index is 0.00000324. The van der Waals surface area contributed by atoms with E-state index in [1.807, 2.05) is 4.90 Å². The average Bonchev–Trinajstić information content (AvgIpc) is 2.38. The maximum atomic E-state index is 12.1. The molecule has 1 aliphatic heterocycles. The van der Waals surface area contributed by atoms with E-state index in [4.69, 9.17) is 5.11 Å². The Hall–Kier alpha value is -0.810. The Morgan fingerprint density at radius 1 is 1.11 bits per heavy atom. The van der Waals surface area contributed by atoms with Gasteiger partial charge in [0.15, 0.2) is 0 Å². The Morgan fingerprint density at radius 3 is 2.05 bits per heavy atom. The second-order valence-corrected chi connectivity index (χ2v) is 4.82. The zero-order chi connectivity index (χ0) is 13.5. The van der Waals surface area contributed by atoms with Gasteiger partial charge in [0.1, 0.15) is 0 Å². The summed E-state index contributed by atoms with van der Waals surface area (Å²) in [5.74, 6) is -0.348. The van der Waals surface area contributed by atoms with Gasteiger partial charge in [0.25, 0.3) is 0 Å². The summed E-state index contributed by atoms with van der Waals surface area (Å²) in [5, 5.41) is 8.63.